The van der Waals surface area contributed by atoms with Crippen LogP contribution in [0, 0.1) is 18.3 Å². The molecule has 0 amide bonds. The van der Waals surface area contributed by atoms with E-state index in [2.05, 4.69) is 0 Å². The lowest BCUT2D eigenvalue weighted by atomic mass is 10.2. The van der Waals surface area contributed by atoms with Gasteiger partial charge in [-0.15, -0.1) is 0 Å². The van der Waals surface area contributed by atoms with Crippen molar-refractivity contribution in [2.45, 2.75) is 30.4 Å². The number of aryl methyl sites for hydroxylation is 1. The van der Waals surface area contributed by atoms with Crippen molar-refractivity contribution < 1.29 is 23.4 Å². The summed E-state index contributed by atoms with van der Waals surface area (Å²) in [7, 11) is -4.04. The molecule has 0 aliphatic carbocycles. The third-order valence-electron chi connectivity index (χ3n) is 3.41. The zero-order chi connectivity index (χ0) is 15.8. The van der Waals surface area contributed by atoms with Crippen molar-refractivity contribution in [1.82, 2.24) is 4.31 Å². The minimum atomic E-state index is -4.04. The molecule has 7 nitrogen and oxygen atoms in total. The quantitative estimate of drug-likeness (QED) is 0.816. The average Bonchev–Trinajstić information content (AvgIpc) is 2.81. The molecule has 0 radical (unpaired) electrons. The molecule has 0 unspecified atom stereocenters. The number of carboxylic acid groups (broad SMARTS) is 1. The van der Waals surface area contributed by atoms with Crippen LogP contribution in [0.1, 0.15) is 17.5 Å². The topological polar surface area (TPSA) is 119 Å². The molecule has 0 bridgehead atoms. The molecule has 21 heavy (non-hydrogen) atoms. The fourth-order valence-corrected chi connectivity index (χ4v) is 4.25. The van der Waals surface area contributed by atoms with Gasteiger partial charge in [0.25, 0.3) is 0 Å². The highest BCUT2D eigenvalue weighted by Gasteiger charge is 2.43. The van der Waals surface area contributed by atoms with Crippen LogP contribution in [0.4, 0.5) is 0 Å². The van der Waals surface area contributed by atoms with Crippen LogP contribution >= 0.6 is 0 Å². The summed E-state index contributed by atoms with van der Waals surface area (Å²) in [4.78, 5) is 11.1. The Balaban J connectivity index is 2.47. The molecular formula is C13H14N2O5S. The summed E-state index contributed by atoms with van der Waals surface area (Å²) < 4.78 is 26.0. The lowest BCUT2D eigenvalue weighted by Gasteiger charge is -2.21. The minimum absolute atomic E-state index is 0.0538. The third-order valence-corrected chi connectivity index (χ3v) is 5.44. The average molecular weight is 310 g/mol. The Morgan fingerprint density at radius 3 is 2.67 bits per heavy atom. The van der Waals surface area contributed by atoms with Crippen LogP contribution in [-0.4, -0.2) is 47.6 Å². The Kier molecular flexibility index (Phi) is 4.00. The van der Waals surface area contributed by atoms with Crippen LogP contribution in [0.2, 0.25) is 0 Å². The number of carboxylic acids is 1. The summed E-state index contributed by atoms with van der Waals surface area (Å²) in [5, 5.41) is 27.5. The van der Waals surface area contributed by atoms with E-state index in [9.17, 15) is 18.3 Å². The van der Waals surface area contributed by atoms with Crippen molar-refractivity contribution >= 4 is 16.0 Å². The van der Waals surface area contributed by atoms with Crippen molar-refractivity contribution in [1.29, 1.82) is 5.26 Å². The first-order valence-corrected chi connectivity index (χ1v) is 7.65. The fourth-order valence-electron chi connectivity index (χ4n) is 2.41. The Labute approximate surface area is 122 Å². The maximum Gasteiger partial charge on any atom is 0.322 e. The number of β-amino-alcohol motifs (C(OH)–C–C–N with tert-alkyl or cyclic N) is 1. The van der Waals surface area contributed by atoms with Crippen molar-refractivity contribution in [2.75, 3.05) is 6.54 Å². The molecule has 1 heterocycles. The maximum absolute atomic E-state index is 12.6. The number of carbonyl (C=O) groups is 1. The molecule has 1 aliphatic rings. The van der Waals surface area contributed by atoms with E-state index in [0.29, 0.717) is 11.1 Å². The zero-order valence-corrected chi connectivity index (χ0v) is 12.0. The first-order valence-electron chi connectivity index (χ1n) is 6.21. The van der Waals surface area contributed by atoms with E-state index in [1.807, 2.05) is 6.07 Å². The Morgan fingerprint density at radius 2 is 2.14 bits per heavy atom. The predicted molar refractivity (Wildman–Crippen MR) is 71.8 cm³/mol. The van der Waals surface area contributed by atoms with Crippen LogP contribution in [0.3, 0.4) is 0 Å². The first kappa shape index (κ1) is 15.4. The molecule has 112 valence electrons. The number of hydrogen-bond donors (Lipinski definition) is 2. The van der Waals surface area contributed by atoms with E-state index in [0.717, 1.165) is 4.31 Å². The number of aliphatic hydroxyl groups excluding tert-OH is 1. The number of benzene rings is 1. The monoisotopic (exact) mass is 310 g/mol. The molecule has 8 heteroatoms. The van der Waals surface area contributed by atoms with E-state index in [-0.39, 0.29) is 17.9 Å². The lowest BCUT2D eigenvalue weighted by Crippen LogP contribution is -2.40. The Hall–Kier alpha value is -1.95. The summed E-state index contributed by atoms with van der Waals surface area (Å²) in [6.07, 6.45) is -1.14. The molecule has 0 spiro atoms. The Bertz CT molecular complexity index is 723. The van der Waals surface area contributed by atoms with Gasteiger partial charge in [-0.3, -0.25) is 4.79 Å². The SMILES string of the molecule is Cc1cc(C#N)ccc1S(=O)(=O)N1C[C@H](O)C[C@H]1C(=O)O. The maximum atomic E-state index is 12.6. The molecule has 1 aliphatic heterocycles. The number of hydrogen-bond acceptors (Lipinski definition) is 5. The predicted octanol–water partition coefficient (Wildman–Crippen LogP) is 0.0752. The second kappa shape index (κ2) is 5.44. The van der Waals surface area contributed by atoms with Gasteiger partial charge in [0, 0.05) is 13.0 Å². The lowest BCUT2D eigenvalue weighted by molar-refractivity contribution is -0.140. The molecule has 0 saturated carbocycles. The van der Waals surface area contributed by atoms with Crippen LogP contribution in [0.15, 0.2) is 23.1 Å². The smallest absolute Gasteiger partial charge is 0.322 e. The van der Waals surface area contributed by atoms with E-state index < -0.39 is 28.1 Å². The number of nitrogens with zero attached hydrogens (tertiary/aromatic N) is 2. The van der Waals surface area contributed by atoms with Crippen molar-refractivity contribution in [3.05, 3.63) is 29.3 Å². The summed E-state index contributed by atoms with van der Waals surface area (Å²) in [6, 6.07) is 4.70. The first-order chi connectivity index (χ1) is 9.77. The van der Waals surface area contributed by atoms with Gasteiger partial charge >= 0.3 is 5.97 Å². The van der Waals surface area contributed by atoms with Gasteiger partial charge < -0.3 is 10.2 Å². The molecule has 1 fully saturated rings. The van der Waals surface area contributed by atoms with Gasteiger partial charge in [-0.05, 0) is 30.7 Å². The molecule has 1 aromatic carbocycles. The van der Waals surface area contributed by atoms with E-state index >= 15 is 0 Å². The van der Waals surface area contributed by atoms with E-state index in [1.165, 1.54) is 25.1 Å². The highest BCUT2D eigenvalue weighted by molar-refractivity contribution is 7.89. The second-order valence-corrected chi connectivity index (χ2v) is 6.77. The van der Waals surface area contributed by atoms with Crippen molar-refractivity contribution in [3.63, 3.8) is 0 Å². The summed E-state index contributed by atoms with van der Waals surface area (Å²) in [5.41, 5.74) is 0.683. The molecule has 2 rings (SSSR count). The molecular weight excluding hydrogens is 296 g/mol. The number of aliphatic carboxylic acids is 1. The van der Waals surface area contributed by atoms with Gasteiger partial charge in [0.15, 0.2) is 0 Å². The third kappa shape index (κ3) is 2.76. The van der Waals surface area contributed by atoms with Gasteiger partial charge in [-0.1, -0.05) is 0 Å². The standard InChI is InChI=1S/C13H14N2O5S/c1-8-4-9(6-14)2-3-12(8)21(19,20)15-7-10(16)5-11(15)13(17)18/h2-4,10-11,16H,5,7H2,1H3,(H,17,18)/t10-,11+/m1/s1. The summed E-state index contributed by atoms with van der Waals surface area (Å²) >= 11 is 0. The van der Waals surface area contributed by atoms with Crippen LogP contribution in [0.25, 0.3) is 0 Å². The van der Waals surface area contributed by atoms with Gasteiger partial charge in [0.1, 0.15) is 6.04 Å². The van der Waals surface area contributed by atoms with Gasteiger partial charge in [0.2, 0.25) is 10.0 Å². The van der Waals surface area contributed by atoms with Crippen LogP contribution < -0.4 is 0 Å². The largest absolute Gasteiger partial charge is 0.480 e. The molecule has 2 N–H and O–H groups in total. The second-order valence-electron chi connectivity index (χ2n) is 4.91. The van der Waals surface area contributed by atoms with Gasteiger partial charge in [0.05, 0.1) is 22.6 Å². The van der Waals surface area contributed by atoms with E-state index in [4.69, 9.17) is 10.4 Å². The number of sulfonamides is 1. The van der Waals surface area contributed by atoms with Crippen molar-refractivity contribution in [2.24, 2.45) is 0 Å². The summed E-state index contributed by atoms with van der Waals surface area (Å²) in [5.74, 6) is -1.29. The van der Waals surface area contributed by atoms with Crippen molar-refractivity contribution in [3.8, 4) is 6.07 Å². The van der Waals surface area contributed by atoms with Gasteiger partial charge in [-0.2, -0.15) is 9.57 Å². The van der Waals surface area contributed by atoms with Crippen LogP contribution in [0.5, 0.6) is 0 Å². The normalized spacial score (nSPS) is 22.9. The molecule has 2 atom stereocenters. The number of rotatable bonds is 3. The minimum Gasteiger partial charge on any atom is -0.480 e. The van der Waals surface area contributed by atoms with Crippen LogP contribution in [-0.2, 0) is 14.8 Å². The zero-order valence-electron chi connectivity index (χ0n) is 11.2. The molecule has 1 aromatic rings. The fraction of sp³-hybridized carbons (Fsp3) is 0.385. The highest BCUT2D eigenvalue weighted by Crippen LogP contribution is 2.28. The van der Waals surface area contributed by atoms with Gasteiger partial charge in [-0.25, -0.2) is 8.42 Å². The summed E-state index contributed by atoms with van der Waals surface area (Å²) in [6.45, 7) is 1.29. The highest BCUT2D eigenvalue weighted by atomic mass is 32.2. The molecule has 0 aromatic heterocycles. The number of aliphatic hydroxyl groups is 1. The van der Waals surface area contributed by atoms with E-state index in [1.54, 1.807) is 0 Å². The Morgan fingerprint density at radius 1 is 1.48 bits per heavy atom. The molecule has 1 saturated heterocycles. The number of nitriles is 1.